The summed E-state index contributed by atoms with van der Waals surface area (Å²) in [5.41, 5.74) is 1.59. The summed E-state index contributed by atoms with van der Waals surface area (Å²) in [6.07, 6.45) is 0.191. The number of para-hydroxylation sites is 2. The minimum absolute atomic E-state index is 0.0359. The first-order chi connectivity index (χ1) is 21.2. The lowest BCUT2D eigenvalue weighted by molar-refractivity contribution is -0.139. The van der Waals surface area contributed by atoms with Gasteiger partial charge in [-0.05, 0) is 53.6 Å². The predicted molar refractivity (Wildman–Crippen MR) is 171 cm³/mol. The smallest absolute Gasteiger partial charge is 0.264 e. The van der Waals surface area contributed by atoms with E-state index in [9.17, 15) is 18.0 Å². The SMILES string of the molecule is CNC(=O)[C@@H](Cc1ccccc1)N(Cc1ccccc1Cl)C(=O)CN(c1ccccc1OC)S(=O)(=O)c1ccc(OC)cc1. The Morgan fingerprint density at radius 1 is 0.841 bits per heavy atom. The number of hydrogen-bond donors (Lipinski definition) is 1. The van der Waals surface area contributed by atoms with Crippen LogP contribution >= 0.6 is 11.6 Å². The van der Waals surface area contributed by atoms with Crippen molar-refractivity contribution in [1.29, 1.82) is 0 Å². The number of amides is 2. The molecule has 4 rings (SSSR count). The molecule has 0 aromatic heterocycles. The molecule has 0 spiro atoms. The molecule has 0 unspecified atom stereocenters. The number of ether oxygens (including phenoxy) is 2. The van der Waals surface area contributed by atoms with Crippen molar-refractivity contribution in [2.45, 2.75) is 23.9 Å². The highest BCUT2D eigenvalue weighted by Crippen LogP contribution is 2.33. The van der Waals surface area contributed by atoms with Crippen LogP contribution in [0.25, 0.3) is 0 Å². The van der Waals surface area contributed by atoms with Crippen LogP contribution in [0.3, 0.4) is 0 Å². The van der Waals surface area contributed by atoms with Gasteiger partial charge in [0.2, 0.25) is 11.8 Å². The molecule has 1 atom stereocenters. The summed E-state index contributed by atoms with van der Waals surface area (Å²) in [6, 6.07) is 27.7. The molecule has 0 aliphatic carbocycles. The maximum atomic E-state index is 14.4. The summed E-state index contributed by atoms with van der Waals surface area (Å²) in [5.74, 6) is -0.292. The van der Waals surface area contributed by atoms with E-state index in [0.29, 0.717) is 16.3 Å². The number of methoxy groups -OCH3 is 2. The van der Waals surface area contributed by atoms with Gasteiger partial charge in [-0.2, -0.15) is 0 Å². The number of carbonyl (C=O) groups excluding carboxylic acids is 2. The van der Waals surface area contributed by atoms with Crippen molar-refractivity contribution in [2.75, 3.05) is 32.1 Å². The van der Waals surface area contributed by atoms with Crippen LogP contribution in [0, 0.1) is 0 Å². The van der Waals surface area contributed by atoms with Crippen LogP contribution in [0.15, 0.2) is 108 Å². The van der Waals surface area contributed by atoms with Crippen LogP contribution in [-0.2, 0) is 32.6 Å². The highest BCUT2D eigenvalue weighted by molar-refractivity contribution is 7.92. The van der Waals surface area contributed by atoms with Crippen LogP contribution < -0.4 is 19.1 Å². The standard InChI is InChI=1S/C33H34ClN3O6S/c1-35-33(39)30(21-24-11-5-4-6-12-24)36(22-25-13-7-8-14-28(25)34)32(38)23-37(29-15-9-10-16-31(29)43-3)44(40,41)27-19-17-26(42-2)18-20-27/h4-20,30H,21-23H2,1-3H3,(H,35,39)/t30-/m1/s1. The number of nitrogens with zero attached hydrogens (tertiary/aromatic N) is 2. The van der Waals surface area contributed by atoms with Crippen molar-refractivity contribution in [3.63, 3.8) is 0 Å². The van der Waals surface area contributed by atoms with Gasteiger partial charge in [0.25, 0.3) is 10.0 Å². The molecular formula is C33H34ClN3O6S. The number of anilines is 1. The number of likely N-dealkylation sites (N-methyl/N-ethyl adjacent to an activating group) is 1. The fourth-order valence-corrected chi connectivity index (χ4v) is 6.37. The van der Waals surface area contributed by atoms with Gasteiger partial charge in [0.05, 0.1) is 24.8 Å². The molecule has 0 radical (unpaired) electrons. The molecule has 0 heterocycles. The molecule has 0 aliphatic heterocycles. The van der Waals surface area contributed by atoms with E-state index in [0.717, 1.165) is 9.87 Å². The molecule has 0 saturated carbocycles. The van der Waals surface area contributed by atoms with Crippen molar-refractivity contribution >= 4 is 39.1 Å². The first-order valence-corrected chi connectivity index (χ1v) is 15.6. The van der Waals surface area contributed by atoms with Crippen molar-refractivity contribution in [3.05, 3.63) is 119 Å². The minimum atomic E-state index is -4.31. The Labute approximate surface area is 263 Å². The van der Waals surface area contributed by atoms with Crippen LogP contribution in [0.1, 0.15) is 11.1 Å². The lowest BCUT2D eigenvalue weighted by atomic mass is 10.0. The molecule has 1 N–H and O–H groups in total. The van der Waals surface area contributed by atoms with Gasteiger partial charge in [0, 0.05) is 25.0 Å². The zero-order chi connectivity index (χ0) is 31.7. The molecule has 44 heavy (non-hydrogen) atoms. The number of sulfonamides is 1. The van der Waals surface area contributed by atoms with Gasteiger partial charge in [-0.25, -0.2) is 8.42 Å². The predicted octanol–water partition coefficient (Wildman–Crippen LogP) is 4.94. The first kappa shape index (κ1) is 32.4. The van der Waals surface area contributed by atoms with Gasteiger partial charge < -0.3 is 19.7 Å². The maximum absolute atomic E-state index is 14.4. The van der Waals surface area contributed by atoms with Gasteiger partial charge in [-0.3, -0.25) is 13.9 Å². The van der Waals surface area contributed by atoms with E-state index in [-0.39, 0.29) is 29.3 Å². The Bertz CT molecular complexity index is 1680. The molecule has 9 nitrogen and oxygen atoms in total. The van der Waals surface area contributed by atoms with Crippen LogP contribution in [0.5, 0.6) is 11.5 Å². The second-order valence-corrected chi connectivity index (χ2v) is 12.1. The minimum Gasteiger partial charge on any atom is -0.497 e. The molecule has 4 aromatic carbocycles. The van der Waals surface area contributed by atoms with E-state index >= 15 is 0 Å². The van der Waals surface area contributed by atoms with E-state index < -0.39 is 34.4 Å². The lowest BCUT2D eigenvalue weighted by Gasteiger charge is -2.34. The summed E-state index contributed by atoms with van der Waals surface area (Å²) in [6.45, 7) is -0.659. The zero-order valence-electron chi connectivity index (χ0n) is 24.6. The van der Waals surface area contributed by atoms with Gasteiger partial charge in [0.15, 0.2) is 0 Å². The fourth-order valence-electron chi connectivity index (χ4n) is 4.75. The molecule has 0 saturated heterocycles. The van der Waals surface area contributed by atoms with Crippen molar-refractivity contribution in [2.24, 2.45) is 0 Å². The van der Waals surface area contributed by atoms with Crippen LogP contribution in [0.4, 0.5) is 5.69 Å². The van der Waals surface area contributed by atoms with Gasteiger partial charge in [0.1, 0.15) is 24.1 Å². The third-order valence-electron chi connectivity index (χ3n) is 7.10. The number of hydrogen-bond acceptors (Lipinski definition) is 6. The maximum Gasteiger partial charge on any atom is 0.264 e. The molecule has 11 heteroatoms. The summed E-state index contributed by atoms with van der Waals surface area (Å²) >= 11 is 6.50. The second-order valence-electron chi connectivity index (χ2n) is 9.79. The number of halogens is 1. The Kier molecular flexibility index (Phi) is 10.9. The molecule has 4 aromatic rings. The molecule has 230 valence electrons. The van der Waals surface area contributed by atoms with E-state index in [1.54, 1.807) is 48.5 Å². The van der Waals surface area contributed by atoms with E-state index in [4.69, 9.17) is 21.1 Å². The highest BCUT2D eigenvalue weighted by atomic mass is 35.5. The summed E-state index contributed by atoms with van der Waals surface area (Å²) in [4.78, 5) is 29.1. The van der Waals surface area contributed by atoms with E-state index in [2.05, 4.69) is 5.32 Å². The van der Waals surface area contributed by atoms with Gasteiger partial charge in [-0.15, -0.1) is 0 Å². The third-order valence-corrected chi connectivity index (χ3v) is 9.24. The van der Waals surface area contributed by atoms with Crippen LogP contribution in [0.2, 0.25) is 5.02 Å². The summed E-state index contributed by atoms with van der Waals surface area (Å²) in [5, 5.41) is 3.07. The van der Waals surface area contributed by atoms with Crippen molar-refractivity contribution in [1.82, 2.24) is 10.2 Å². The average Bonchev–Trinajstić information content (AvgIpc) is 3.05. The molecular weight excluding hydrogens is 602 g/mol. The number of benzene rings is 4. The largest absolute Gasteiger partial charge is 0.497 e. The average molecular weight is 636 g/mol. The third kappa shape index (κ3) is 7.50. The molecule has 0 bridgehead atoms. The summed E-state index contributed by atoms with van der Waals surface area (Å²) in [7, 11) is 0.0878. The van der Waals surface area contributed by atoms with E-state index in [1.165, 1.54) is 50.4 Å². The number of nitrogens with one attached hydrogen (secondary N) is 1. The highest BCUT2D eigenvalue weighted by Gasteiger charge is 2.35. The van der Waals surface area contributed by atoms with Crippen molar-refractivity contribution < 1.29 is 27.5 Å². The Morgan fingerprint density at radius 2 is 1.48 bits per heavy atom. The Hall–Kier alpha value is -4.54. The van der Waals surface area contributed by atoms with Gasteiger partial charge >= 0.3 is 0 Å². The molecule has 2 amide bonds. The Balaban J connectivity index is 1.82. The first-order valence-electron chi connectivity index (χ1n) is 13.8. The number of rotatable bonds is 13. The zero-order valence-corrected chi connectivity index (χ0v) is 26.2. The summed E-state index contributed by atoms with van der Waals surface area (Å²) < 4.78 is 40.1. The fraction of sp³-hybridized carbons (Fsp3) is 0.212. The van der Waals surface area contributed by atoms with Crippen LogP contribution in [-0.4, -0.2) is 59.0 Å². The molecule has 0 fully saturated rings. The Morgan fingerprint density at radius 3 is 2.11 bits per heavy atom. The quantitative estimate of drug-likeness (QED) is 0.223. The van der Waals surface area contributed by atoms with Crippen molar-refractivity contribution in [3.8, 4) is 11.5 Å². The second kappa shape index (κ2) is 14.8. The topological polar surface area (TPSA) is 105 Å². The monoisotopic (exact) mass is 635 g/mol. The lowest BCUT2D eigenvalue weighted by Crippen LogP contribution is -2.53. The normalized spacial score (nSPS) is 11.7. The number of carbonyl (C=O) groups is 2. The van der Waals surface area contributed by atoms with E-state index in [1.807, 2.05) is 30.3 Å². The molecule has 0 aliphatic rings. The van der Waals surface area contributed by atoms with Gasteiger partial charge in [-0.1, -0.05) is 72.3 Å².